The van der Waals surface area contributed by atoms with E-state index in [1.807, 2.05) is 6.07 Å². The van der Waals surface area contributed by atoms with Gasteiger partial charge in [0.15, 0.2) is 0 Å². The predicted octanol–water partition coefficient (Wildman–Crippen LogP) is 4.08. The van der Waals surface area contributed by atoms with Gasteiger partial charge in [-0.2, -0.15) is 0 Å². The summed E-state index contributed by atoms with van der Waals surface area (Å²) in [6, 6.07) is 5.40. The molecule has 1 rings (SSSR count). The molecule has 80 valence electrons. The highest BCUT2D eigenvalue weighted by Crippen LogP contribution is 2.27. The normalized spacial score (nSPS) is 12.1. The Morgan fingerprint density at radius 3 is 2.67 bits per heavy atom. The first-order chi connectivity index (χ1) is 7.19. The van der Waals surface area contributed by atoms with E-state index in [2.05, 4.69) is 21.9 Å². The van der Waals surface area contributed by atoms with Crippen molar-refractivity contribution in [2.45, 2.75) is 6.10 Å². The van der Waals surface area contributed by atoms with Crippen LogP contribution in [-0.2, 0) is 4.74 Å². The SMILES string of the molecule is C#CCOC(CBr)c1ccc(Cl)c(Cl)c1. The maximum absolute atomic E-state index is 5.91. The van der Waals surface area contributed by atoms with E-state index in [1.165, 1.54) is 0 Å². The summed E-state index contributed by atoms with van der Waals surface area (Å²) in [5.41, 5.74) is 0.955. The molecule has 0 heterocycles. The van der Waals surface area contributed by atoms with E-state index in [4.69, 9.17) is 34.4 Å². The predicted molar refractivity (Wildman–Crippen MR) is 67.8 cm³/mol. The zero-order valence-electron chi connectivity index (χ0n) is 7.84. The van der Waals surface area contributed by atoms with Crippen LogP contribution in [0.4, 0.5) is 0 Å². The third-order valence-corrected chi connectivity index (χ3v) is 3.15. The molecule has 0 N–H and O–H groups in total. The van der Waals surface area contributed by atoms with Gasteiger partial charge < -0.3 is 4.74 Å². The molecule has 0 aliphatic carbocycles. The highest BCUT2D eigenvalue weighted by Gasteiger charge is 2.11. The van der Waals surface area contributed by atoms with Crippen molar-refractivity contribution in [1.29, 1.82) is 0 Å². The highest BCUT2D eigenvalue weighted by molar-refractivity contribution is 9.09. The Morgan fingerprint density at radius 2 is 2.13 bits per heavy atom. The van der Waals surface area contributed by atoms with Crippen molar-refractivity contribution in [3.05, 3.63) is 33.8 Å². The molecule has 15 heavy (non-hydrogen) atoms. The number of ether oxygens (including phenoxy) is 1. The summed E-state index contributed by atoms with van der Waals surface area (Å²) in [5, 5.41) is 1.71. The lowest BCUT2D eigenvalue weighted by Gasteiger charge is -2.14. The monoisotopic (exact) mass is 306 g/mol. The second kappa shape index (κ2) is 6.40. The Bertz CT molecular complexity index is 373. The molecule has 1 atom stereocenters. The van der Waals surface area contributed by atoms with Crippen molar-refractivity contribution in [3.8, 4) is 12.3 Å². The van der Waals surface area contributed by atoms with Crippen LogP contribution < -0.4 is 0 Å². The van der Waals surface area contributed by atoms with Crippen molar-refractivity contribution < 1.29 is 4.74 Å². The smallest absolute Gasteiger partial charge is 0.108 e. The molecule has 0 bridgehead atoms. The van der Waals surface area contributed by atoms with Gasteiger partial charge in [0.05, 0.1) is 16.1 Å². The van der Waals surface area contributed by atoms with Crippen molar-refractivity contribution in [2.24, 2.45) is 0 Å². The molecule has 0 aliphatic heterocycles. The Balaban J connectivity index is 2.83. The van der Waals surface area contributed by atoms with Crippen LogP contribution in [0.25, 0.3) is 0 Å². The number of alkyl halides is 1. The molecule has 1 aromatic carbocycles. The minimum atomic E-state index is -0.101. The topological polar surface area (TPSA) is 9.23 Å². The minimum absolute atomic E-state index is 0.101. The maximum atomic E-state index is 5.91. The molecule has 0 spiro atoms. The first-order valence-corrected chi connectivity index (χ1v) is 6.12. The molecule has 1 nitrogen and oxygen atoms in total. The summed E-state index contributed by atoms with van der Waals surface area (Å²) in [5.74, 6) is 2.43. The first-order valence-electron chi connectivity index (χ1n) is 4.25. The van der Waals surface area contributed by atoms with Crippen molar-refractivity contribution >= 4 is 39.1 Å². The molecule has 1 aromatic rings. The zero-order valence-corrected chi connectivity index (χ0v) is 10.9. The van der Waals surface area contributed by atoms with Crippen LogP contribution in [0, 0.1) is 12.3 Å². The molecule has 0 saturated heterocycles. The molecule has 0 radical (unpaired) electrons. The zero-order chi connectivity index (χ0) is 11.3. The van der Waals surface area contributed by atoms with Crippen LogP contribution in [0.15, 0.2) is 18.2 Å². The van der Waals surface area contributed by atoms with Gasteiger partial charge in [-0.05, 0) is 17.7 Å². The van der Waals surface area contributed by atoms with Crippen LogP contribution in [0.1, 0.15) is 11.7 Å². The van der Waals surface area contributed by atoms with Gasteiger partial charge in [0.25, 0.3) is 0 Å². The lowest BCUT2D eigenvalue weighted by atomic mass is 10.1. The molecule has 0 aromatic heterocycles. The number of halogens is 3. The van der Waals surface area contributed by atoms with Gasteiger partial charge in [-0.1, -0.05) is 51.1 Å². The van der Waals surface area contributed by atoms with Crippen LogP contribution in [0.5, 0.6) is 0 Å². The fourth-order valence-corrected chi connectivity index (χ4v) is 1.96. The van der Waals surface area contributed by atoms with Crippen LogP contribution in [-0.4, -0.2) is 11.9 Å². The van der Waals surface area contributed by atoms with E-state index >= 15 is 0 Å². The van der Waals surface area contributed by atoms with Gasteiger partial charge in [-0.15, -0.1) is 6.42 Å². The van der Waals surface area contributed by atoms with Gasteiger partial charge in [0, 0.05) is 5.33 Å². The fraction of sp³-hybridized carbons (Fsp3) is 0.273. The standard InChI is InChI=1S/C11H9BrCl2O/c1-2-5-15-11(7-12)8-3-4-9(13)10(14)6-8/h1,3-4,6,11H,5,7H2. The van der Waals surface area contributed by atoms with Gasteiger partial charge in [0.1, 0.15) is 6.61 Å². The summed E-state index contributed by atoms with van der Waals surface area (Å²) in [6.07, 6.45) is 5.03. The average molecular weight is 308 g/mol. The number of hydrogen-bond acceptors (Lipinski definition) is 1. The van der Waals surface area contributed by atoms with E-state index in [0.29, 0.717) is 15.4 Å². The van der Waals surface area contributed by atoms with Crippen LogP contribution in [0.3, 0.4) is 0 Å². The van der Waals surface area contributed by atoms with Crippen molar-refractivity contribution in [1.82, 2.24) is 0 Å². The first kappa shape index (κ1) is 12.9. The van der Waals surface area contributed by atoms with Gasteiger partial charge >= 0.3 is 0 Å². The largest absolute Gasteiger partial charge is 0.360 e. The summed E-state index contributed by atoms with van der Waals surface area (Å²) in [7, 11) is 0. The summed E-state index contributed by atoms with van der Waals surface area (Å²) >= 11 is 15.1. The van der Waals surface area contributed by atoms with E-state index in [1.54, 1.807) is 12.1 Å². The Kier molecular flexibility index (Phi) is 5.49. The lowest BCUT2D eigenvalue weighted by Crippen LogP contribution is -2.06. The molecule has 0 aliphatic rings. The number of benzene rings is 1. The van der Waals surface area contributed by atoms with Crippen LogP contribution in [0.2, 0.25) is 10.0 Å². The molecule has 4 heteroatoms. The summed E-state index contributed by atoms with van der Waals surface area (Å²) in [4.78, 5) is 0. The summed E-state index contributed by atoms with van der Waals surface area (Å²) in [6.45, 7) is 0.274. The lowest BCUT2D eigenvalue weighted by molar-refractivity contribution is 0.0972. The third kappa shape index (κ3) is 3.70. The van der Waals surface area contributed by atoms with E-state index < -0.39 is 0 Å². The summed E-state index contributed by atoms with van der Waals surface area (Å²) < 4.78 is 5.44. The molecular formula is C11H9BrCl2O. The van der Waals surface area contributed by atoms with Crippen molar-refractivity contribution in [3.63, 3.8) is 0 Å². The van der Waals surface area contributed by atoms with E-state index in [-0.39, 0.29) is 12.7 Å². The number of rotatable bonds is 4. The number of terminal acetylenes is 1. The second-order valence-electron chi connectivity index (χ2n) is 2.83. The van der Waals surface area contributed by atoms with Gasteiger partial charge in [-0.3, -0.25) is 0 Å². The van der Waals surface area contributed by atoms with Crippen LogP contribution >= 0.6 is 39.1 Å². The highest BCUT2D eigenvalue weighted by atomic mass is 79.9. The van der Waals surface area contributed by atoms with E-state index in [0.717, 1.165) is 5.56 Å². The molecule has 0 fully saturated rings. The Morgan fingerprint density at radius 1 is 1.40 bits per heavy atom. The second-order valence-corrected chi connectivity index (χ2v) is 4.29. The Hall–Kier alpha value is -0.200. The van der Waals surface area contributed by atoms with E-state index in [9.17, 15) is 0 Å². The molecule has 1 unspecified atom stereocenters. The quantitative estimate of drug-likeness (QED) is 0.601. The Labute approximate surface area is 108 Å². The van der Waals surface area contributed by atoms with Crippen molar-refractivity contribution in [2.75, 3.05) is 11.9 Å². The number of hydrogen-bond donors (Lipinski definition) is 0. The molecular weight excluding hydrogens is 299 g/mol. The van der Waals surface area contributed by atoms with Gasteiger partial charge in [-0.25, -0.2) is 0 Å². The third-order valence-electron chi connectivity index (χ3n) is 1.82. The molecule has 0 saturated carbocycles. The maximum Gasteiger partial charge on any atom is 0.108 e. The molecule has 0 amide bonds. The minimum Gasteiger partial charge on any atom is -0.360 e. The average Bonchev–Trinajstić information content (AvgIpc) is 2.24. The fourth-order valence-electron chi connectivity index (χ4n) is 1.09. The van der Waals surface area contributed by atoms with Gasteiger partial charge in [0.2, 0.25) is 0 Å².